The third-order valence-corrected chi connectivity index (χ3v) is 3.72. The molecular weight excluding hydrogens is 236 g/mol. The fourth-order valence-corrected chi connectivity index (χ4v) is 2.37. The fourth-order valence-electron chi connectivity index (χ4n) is 2.37. The molecular formula is C16H24N2O. The minimum Gasteiger partial charge on any atom is -0.496 e. The number of hydrogen-bond donors (Lipinski definition) is 1. The summed E-state index contributed by atoms with van der Waals surface area (Å²) >= 11 is 0. The average molecular weight is 260 g/mol. The highest BCUT2D eigenvalue weighted by molar-refractivity contribution is 5.44. The van der Waals surface area contributed by atoms with Gasteiger partial charge in [-0.05, 0) is 44.0 Å². The summed E-state index contributed by atoms with van der Waals surface area (Å²) in [6.45, 7) is 8.31. The van der Waals surface area contributed by atoms with E-state index in [0.29, 0.717) is 0 Å². The highest BCUT2D eigenvalue weighted by Crippen LogP contribution is 2.35. The maximum absolute atomic E-state index is 9.42. The summed E-state index contributed by atoms with van der Waals surface area (Å²) in [6, 6.07) is 6.58. The van der Waals surface area contributed by atoms with Gasteiger partial charge in [-0.3, -0.25) is 0 Å². The topological polar surface area (TPSA) is 45.0 Å². The predicted molar refractivity (Wildman–Crippen MR) is 78.2 cm³/mol. The molecule has 104 valence electrons. The van der Waals surface area contributed by atoms with Crippen molar-refractivity contribution in [1.29, 1.82) is 5.26 Å². The Balaban J connectivity index is 3.32. The molecule has 0 aliphatic heterocycles. The van der Waals surface area contributed by atoms with Gasteiger partial charge in [0.05, 0.1) is 25.1 Å². The molecule has 2 atom stereocenters. The van der Waals surface area contributed by atoms with Crippen molar-refractivity contribution in [3.05, 3.63) is 28.8 Å². The first-order valence-corrected chi connectivity index (χ1v) is 6.68. The van der Waals surface area contributed by atoms with Crippen LogP contribution >= 0.6 is 0 Å². The second kappa shape index (κ2) is 6.58. The normalized spacial score (nSPS) is 14.0. The number of aryl methyl sites for hydroxylation is 2. The molecule has 0 amide bonds. The first kappa shape index (κ1) is 15.5. The van der Waals surface area contributed by atoms with Gasteiger partial charge >= 0.3 is 0 Å². The Morgan fingerprint density at radius 3 is 2.21 bits per heavy atom. The molecule has 0 fully saturated rings. The number of nitrogens with one attached hydrogen (secondary N) is 1. The molecule has 2 unspecified atom stereocenters. The van der Waals surface area contributed by atoms with Gasteiger partial charge in [-0.1, -0.05) is 19.9 Å². The molecule has 0 aliphatic rings. The minimum atomic E-state index is -0.0824. The molecule has 1 aromatic carbocycles. The van der Waals surface area contributed by atoms with Crippen LogP contribution in [-0.4, -0.2) is 14.2 Å². The molecule has 0 saturated carbocycles. The van der Waals surface area contributed by atoms with Crippen LogP contribution in [0.5, 0.6) is 5.75 Å². The van der Waals surface area contributed by atoms with E-state index in [1.807, 2.05) is 13.1 Å². The molecule has 0 saturated heterocycles. The van der Waals surface area contributed by atoms with E-state index in [1.54, 1.807) is 7.11 Å². The highest BCUT2D eigenvalue weighted by Gasteiger charge is 2.27. The van der Waals surface area contributed by atoms with Gasteiger partial charge in [0.1, 0.15) is 5.75 Å². The minimum absolute atomic E-state index is 0.0146. The third-order valence-electron chi connectivity index (χ3n) is 3.72. The van der Waals surface area contributed by atoms with Gasteiger partial charge in [-0.25, -0.2) is 0 Å². The van der Waals surface area contributed by atoms with Crippen molar-refractivity contribution in [3.63, 3.8) is 0 Å². The zero-order chi connectivity index (χ0) is 14.6. The Labute approximate surface area is 116 Å². The average Bonchev–Trinajstić information content (AvgIpc) is 2.38. The van der Waals surface area contributed by atoms with Crippen molar-refractivity contribution < 1.29 is 4.74 Å². The van der Waals surface area contributed by atoms with Gasteiger partial charge in [0.15, 0.2) is 0 Å². The Morgan fingerprint density at radius 2 is 1.79 bits per heavy atom. The van der Waals surface area contributed by atoms with Crippen molar-refractivity contribution in [3.8, 4) is 11.8 Å². The maximum atomic E-state index is 9.42. The Bertz CT molecular complexity index is 474. The Hall–Kier alpha value is -1.53. The molecule has 0 heterocycles. The summed E-state index contributed by atoms with van der Waals surface area (Å²) < 4.78 is 5.49. The van der Waals surface area contributed by atoms with Gasteiger partial charge < -0.3 is 10.1 Å². The van der Waals surface area contributed by atoms with Crippen LogP contribution in [0.4, 0.5) is 0 Å². The number of methoxy groups -OCH3 is 1. The van der Waals surface area contributed by atoms with E-state index in [2.05, 4.69) is 45.1 Å². The maximum Gasteiger partial charge on any atom is 0.123 e. The number of rotatable bonds is 5. The van der Waals surface area contributed by atoms with Gasteiger partial charge in [-0.2, -0.15) is 5.26 Å². The molecule has 0 bridgehead atoms. The molecule has 1 aromatic rings. The number of nitrogens with zero attached hydrogens (tertiary/aromatic N) is 1. The molecule has 19 heavy (non-hydrogen) atoms. The number of hydrogen-bond acceptors (Lipinski definition) is 3. The monoisotopic (exact) mass is 260 g/mol. The van der Waals surface area contributed by atoms with E-state index < -0.39 is 0 Å². The number of benzene rings is 1. The van der Waals surface area contributed by atoms with Crippen molar-refractivity contribution in [2.45, 2.75) is 33.7 Å². The second-order valence-corrected chi connectivity index (χ2v) is 5.34. The van der Waals surface area contributed by atoms with Crippen LogP contribution in [0.2, 0.25) is 0 Å². The van der Waals surface area contributed by atoms with Crippen LogP contribution in [0.15, 0.2) is 12.1 Å². The quantitative estimate of drug-likeness (QED) is 0.883. The summed E-state index contributed by atoms with van der Waals surface area (Å²) in [7, 11) is 3.57. The van der Waals surface area contributed by atoms with E-state index in [0.717, 1.165) is 11.3 Å². The standard InChI is InChI=1S/C16H24N2O/c1-10(2)14(9-17)16(18-5)13-7-11(3)12(4)8-15(13)19-6/h7-8,10,14,16,18H,1-6H3. The zero-order valence-electron chi connectivity index (χ0n) is 12.7. The van der Waals surface area contributed by atoms with E-state index >= 15 is 0 Å². The van der Waals surface area contributed by atoms with Crippen LogP contribution < -0.4 is 10.1 Å². The molecule has 1 N–H and O–H groups in total. The van der Waals surface area contributed by atoms with E-state index in [9.17, 15) is 5.26 Å². The SMILES string of the molecule is CNC(c1cc(C)c(C)cc1OC)C(C#N)C(C)C. The summed E-state index contributed by atoms with van der Waals surface area (Å²) in [5.74, 6) is 1.05. The molecule has 3 heteroatoms. The second-order valence-electron chi connectivity index (χ2n) is 5.34. The molecule has 0 spiro atoms. The lowest BCUT2D eigenvalue weighted by Crippen LogP contribution is -2.28. The van der Waals surface area contributed by atoms with E-state index in [4.69, 9.17) is 4.74 Å². The number of nitriles is 1. The fraction of sp³-hybridized carbons (Fsp3) is 0.562. The Kier molecular flexibility index (Phi) is 5.38. The van der Waals surface area contributed by atoms with Gasteiger partial charge in [0.25, 0.3) is 0 Å². The van der Waals surface area contributed by atoms with Crippen LogP contribution in [0, 0.1) is 37.0 Å². The summed E-state index contributed by atoms with van der Waals surface area (Å²) in [6.07, 6.45) is 0. The largest absolute Gasteiger partial charge is 0.496 e. The molecule has 1 rings (SSSR count). The Morgan fingerprint density at radius 1 is 1.21 bits per heavy atom. The lowest BCUT2D eigenvalue weighted by atomic mass is 9.84. The molecule has 3 nitrogen and oxygen atoms in total. The van der Waals surface area contributed by atoms with Gasteiger partial charge in [-0.15, -0.1) is 0 Å². The van der Waals surface area contributed by atoms with Crippen molar-refractivity contribution in [2.75, 3.05) is 14.2 Å². The smallest absolute Gasteiger partial charge is 0.123 e. The van der Waals surface area contributed by atoms with Crippen LogP contribution in [0.3, 0.4) is 0 Å². The predicted octanol–water partition coefficient (Wildman–Crippen LogP) is 3.37. The third kappa shape index (κ3) is 3.27. The van der Waals surface area contributed by atoms with Gasteiger partial charge in [0.2, 0.25) is 0 Å². The summed E-state index contributed by atoms with van der Waals surface area (Å²) in [5, 5.41) is 12.7. The molecule has 0 aromatic heterocycles. The van der Waals surface area contributed by atoms with Crippen LogP contribution in [0.1, 0.15) is 36.6 Å². The van der Waals surface area contributed by atoms with Crippen molar-refractivity contribution in [1.82, 2.24) is 5.32 Å². The highest BCUT2D eigenvalue weighted by atomic mass is 16.5. The van der Waals surface area contributed by atoms with Crippen molar-refractivity contribution in [2.24, 2.45) is 11.8 Å². The lowest BCUT2D eigenvalue weighted by Gasteiger charge is -2.27. The molecule has 0 aliphatic carbocycles. The van der Waals surface area contributed by atoms with Gasteiger partial charge in [0, 0.05) is 5.56 Å². The van der Waals surface area contributed by atoms with E-state index in [1.165, 1.54) is 11.1 Å². The first-order chi connectivity index (χ1) is 8.96. The summed E-state index contributed by atoms with van der Waals surface area (Å²) in [4.78, 5) is 0. The van der Waals surface area contributed by atoms with Crippen LogP contribution in [-0.2, 0) is 0 Å². The lowest BCUT2D eigenvalue weighted by molar-refractivity contribution is 0.343. The zero-order valence-corrected chi connectivity index (χ0v) is 12.7. The van der Waals surface area contributed by atoms with E-state index in [-0.39, 0.29) is 17.9 Å². The number of ether oxygens (including phenoxy) is 1. The van der Waals surface area contributed by atoms with Crippen LogP contribution in [0.25, 0.3) is 0 Å². The first-order valence-electron chi connectivity index (χ1n) is 6.68. The molecule has 0 radical (unpaired) electrons. The summed E-state index contributed by atoms with van der Waals surface area (Å²) in [5.41, 5.74) is 3.48. The van der Waals surface area contributed by atoms with Crippen molar-refractivity contribution >= 4 is 0 Å².